The zero-order valence-corrected chi connectivity index (χ0v) is 11.0. The molecule has 0 spiro atoms. The predicted molar refractivity (Wildman–Crippen MR) is 67.5 cm³/mol. The number of rotatable bonds is 6. The van der Waals surface area contributed by atoms with E-state index in [1.807, 2.05) is 18.6 Å². The summed E-state index contributed by atoms with van der Waals surface area (Å²) >= 11 is 3.29. The Labute approximate surface area is 99.3 Å². The predicted octanol–water partition coefficient (Wildman–Crippen LogP) is 1.91. The molecular formula is C10H18N2OS2. The average molecular weight is 246 g/mol. The van der Waals surface area contributed by atoms with Crippen molar-refractivity contribution in [2.75, 3.05) is 18.6 Å². The van der Waals surface area contributed by atoms with E-state index in [1.54, 1.807) is 29.3 Å². The maximum atomic E-state index is 9.96. The largest absolute Gasteiger partial charge is 0.388 e. The van der Waals surface area contributed by atoms with Gasteiger partial charge in [0.1, 0.15) is 5.01 Å². The van der Waals surface area contributed by atoms with Gasteiger partial charge in [0, 0.05) is 23.9 Å². The Balaban J connectivity index is 2.37. The molecule has 2 N–H and O–H groups in total. The van der Waals surface area contributed by atoms with E-state index in [9.17, 15) is 5.11 Å². The molecule has 0 saturated heterocycles. The van der Waals surface area contributed by atoms with Crippen molar-refractivity contribution in [2.45, 2.75) is 25.5 Å². The Morgan fingerprint density at radius 3 is 3.00 bits per heavy atom. The number of aliphatic hydroxyl groups is 1. The van der Waals surface area contributed by atoms with Crippen molar-refractivity contribution in [3.63, 3.8) is 0 Å². The molecule has 2 atom stereocenters. The number of thiazole rings is 1. The molecule has 0 fully saturated rings. The van der Waals surface area contributed by atoms with Crippen LogP contribution in [0, 0.1) is 0 Å². The Hall–Kier alpha value is -0.100. The van der Waals surface area contributed by atoms with Crippen LogP contribution in [0.15, 0.2) is 11.6 Å². The molecule has 1 rings (SSSR count). The molecule has 1 aromatic rings. The Morgan fingerprint density at radius 1 is 1.73 bits per heavy atom. The topological polar surface area (TPSA) is 45.1 Å². The molecule has 0 bridgehead atoms. The van der Waals surface area contributed by atoms with Crippen molar-refractivity contribution in [3.8, 4) is 0 Å². The van der Waals surface area contributed by atoms with E-state index in [4.69, 9.17) is 0 Å². The zero-order valence-electron chi connectivity index (χ0n) is 9.36. The highest BCUT2D eigenvalue weighted by molar-refractivity contribution is 7.98. The fourth-order valence-electron chi connectivity index (χ4n) is 1.27. The molecule has 0 aromatic carbocycles. The summed E-state index contributed by atoms with van der Waals surface area (Å²) in [5.74, 6) is 0.741. The normalized spacial score (nSPS) is 17.3. The SMILES string of the molecule is CSCC(C)(O)CNC(C)c1nccs1. The highest BCUT2D eigenvalue weighted by Crippen LogP contribution is 2.16. The molecule has 5 heteroatoms. The number of thioether (sulfide) groups is 1. The number of nitrogens with one attached hydrogen (secondary N) is 1. The van der Waals surface area contributed by atoms with Crippen LogP contribution in [0.5, 0.6) is 0 Å². The number of hydrogen-bond acceptors (Lipinski definition) is 5. The van der Waals surface area contributed by atoms with E-state index >= 15 is 0 Å². The summed E-state index contributed by atoms with van der Waals surface area (Å²) in [6.45, 7) is 4.51. The smallest absolute Gasteiger partial charge is 0.109 e. The Morgan fingerprint density at radius 2 is 2.47 bits per heavy atom. The van der Waals surface area contributed by atoms with Gasteiger partial charge in [-0.25, -0.2) is 4.98 Å². The lowest BCUT2D eigenvalue weighted by Gasteiger charge is -2.24. The van der Waals surface area contributed by atoms with Crippen LogP contribution in [-0.4, -0.2) is 34.2 Å². The highest BCUT2D eigenvalue weighted by atomic mass is 32.2. The van der Waals surface area contributed by atoms with Crippen LogP contribution in [0.4, 0.5) is 0 Å². The van der Waals surface area contributed by atoms with Crippen LogP contribution in [0.2, 0.25) is 0 Å². The Kier molecular flexibility index (Phi) is 5.05. The third-order valence-electron chi connectivity index (χ3n) is 2.07. The lowest BCUT2D eigenvalue weighted by molar-refractivity contribution is 0.0820. The molecule has 3 nitrogen and oxygen atoms in total. The second-order valence-corrected chi connectivity index (χ2v) is 5.70. The van der Waals surface area contributed by atoms with Crippen molar-refractivity contribution in [3.05, 3.63) is 16.6 Å². The molecule has 1 heterocycles. The van der Waals surface area contributed by atoms with Gasteiger partial charge in [0.25, 0.3) is 0 Å². The second kappa shape index (κ2) is 5.84. The molecule has 0 saturated carbocycles. The summed E-state index contributed by atoms with van der Waals surface area (Å²) in [7, 11) is 0. The van der Waals surface area contributed by atoms with Gasteiger partial charge in [-0.05, 0) is 20.1 Å². The maximum Gasteiger partial charge on any atom is 0.109 e. The summed E-state index contributed by atoms with van der Waals surface area (Å²) in [6.07, 6.45) is 3.80. The van der Waals surface area contributed by atoms with Crippen LogP contribution in [-0.2, 0) is 0 Å². The minimum atomic E-state index is -0.648. The first kappa shape index (κ1) is 13.0. The van der Waals surface area contributed by atoms with Crippen molar-refractivity contribution < 1.29 is 5.11 Å². The summed E-state index contributed by atoms with van der Waals surface area (Å²) in [5.41, 5.74) is -0.648. The van der Waals surface area contributed by atoms with Crippen LogP contribution in [0.25, 0.3) is 0 Å². The van der Waals surface area contributed by atoms with E-state index in [0.29, 0.717) is 6.54 Å². The summed E-state index contributed by atoms with van der Waals surface area (Å²) in [6, 6.07) is 0.207. The molecule has 86 valence electrons. The van der Waals surface area contributed by atoms with Crippen molar-refractivity contribution in [1.82, 2.24) is 10.3 Å². The molecular weight excluding hydrogens is 228 g/mol. The third kappa shape index (κ3) is 4.51. The van der Waals surface area contributed by atoms with E-state index < -0.39 is 5.60 Å². The Bertz CT molecular complexity index is 275. The molecule has 1 aromatic heterocycles. The van der Waals surface area contributed by atoms with Crippen molar-refractivity contribution in [1.29, 1.82) is 0 Å². The van der Waals surface area contributed by atoms with Crippen LogP contribution >= 0.6 is 23.1 Å². The average Bonchev–Trinajstić information content (AvgIpc) is 2.67. The minimum absolute atomic E-state index is 0.207. The van der Waals surface area contributed by atoms with Gasteiger partial charge in [-0.15, -0.1) is 11.3 Å². The first-order valence-corrected chi connectivity index (χ1v) is 7.16. The molecule has 0 aliphatic carbocycles. The van der Waals surface area contributed by atoms with E-state index in [2.05, 4.69) is 17.2 Å². The molecule has 15 heavy (non-hydrogen) atoms. The van der Waals surface area contributed by atoms with E-state index in [-0.39, 0.29) is 6.04 Å². The van der Waals surface area contributed by atoms with Gasteiger partial charge in [-0.2, -0.15) is 11.8 Å². The number of hydrogen-bond donors (Lipinski definition) is 2. The van der Waals surface area contributed by atoms with Gasteiger partial charge >= 0.3 is 0 Å². The maximum absolute atomic E-state index is 9.96. The fourth-order valence-corrected chi connectivity index (χ4v) is 2.66. The first-order valence-electron chi connectivity index (χ1n) is 4.89. The van der Waals surface area contributed by atoms with E-state index in [0.717, 1.165) is 10.8 Å². The van der Waals surface area contributed by atoms with Crippen molar-refractivity contribution >= 4 is 23.1 Å². The summed E-state index contributed by atoms with van der Waals surface area (Å²) in [4.78, 5) is 4.23. The van der Waals surface area contributed by atoms with Gasteiger partial charge in [-0.1, -0.05) is 0 Å². The van der Waals surface area contributed by atoms with Crippen LogP contribution in [0.1, 0.15) is 24.9 Å². The molecule has 2 unspecified atom stereocenters. The summed E-state index contributed by atoms with van der Waals surface area (Å²) < 4.78 is 0. The molecule has 0 radical (unpaired) electrons. The van der Waals surface area contributed by atoms with Gasteiger partial charge < -0.3 is 10.4 Å². The van der Waals surface area contributed by atoms with Gasteiger partial charge in [0.2, 0.25) is 0 Å². The second-order valence-electron chi connectivity index (χ2n) is 3.90. The minimum Gasteiger partial charge on any atom is -0.388 e. The van der Waals surface area contributed by atoms with Gasteiger partial charge in [0.05, 0.1) is 11.6 Å². The number of nitrogens with zero attached hydrogens (tertiary/aromatic N) is 1. The monoisotopic (exact) mass is 246 g/mol. The van der Waals surface area contributed by atoms with Crippen LogP contribution < -0.4 is 5.32 Å². The van der Waals surface area contributed by atoms with Crippen LogP contribution in [0.3, 0.4) is 0 Å². The highest BCUT2D eigenvalue weighted by Gasteiger charge is 2.20. The van der Waals surface area contributed by atoms with E-state index in [1.165, 1.54) is 0 Å². The molecule has 0 aliphatic heterocycles. The third-order valence-corrected chi connectivity index (χ3v) is 3.94. The quantitative estimate of drug-likeness (QED) is 0.805. The lowest BCUT2D eigenvalue weighted by atomic mass is 10.1. The first-order chi connectivity index (χ1) is 7.05. The fraction of sp³-hybridized carbons (Fsp3) is 0.700. The zero-order chi connectivity index (χ0) is 11.3. The van der Waals surface area contributed by atoms with Gasteiger partial charge in [-0.3, -0.25) is 0 Å². The lowest BCUT2D eigenvalue weighted by Crippen LogP contribution is -2.40. The number of aromatic nitrogens is 1. The van der Waals surface area contributed by atoms with Crippen molar-refractivity contribution in [2.24, 2.45) is 0 Å². The standard InChI is InChI=1S/C10H18N2OS2/c1-8(9-11-4-5-15-9)12-6-10(2,13)7-14-3/h4-5,8,12-13H,6-7H2,1-3H3. The molecule has 0 amide bonds. The van der Waals surface area contributed by atoms with Gasteiger partial charge in [0.15, 0.2) is 0 Å². The molecule has 0 aliphatic rings. The summed E-state index contributed by atoms with van der Waals surface area (Å²) in [5, 5.41) is 16.3.